The first-order chi connectivity index (χ1) is 8.20. The Morgan fingerprint density at radius 2 is 2.18 bits per heavy atom. The molecular weight excluding hydrogens is 236 g/mol. The van der Waals surface area contributed by atoms with Crippen molar-refractivity contribution in [2.75, 3.05) is 0 Å². The lowest BCUT2D eigenvalue weighted by atomic mass is 10.2. The van der Waals surface area contributed by atoms with Crippen molar-refractivity contribution in [3.8, 4) is 0 Å². The fraction of sp³-hybridized carbons (Fsp3) is 0.417. The van der Waals surface area contributed by atoms with Crippen molar-refractivity contribution in [1.29, 1.82) is 0 Å². The van der Waals surface area contributed by atoms with Crippen LogP contribution in [0.25, 0.3) is 0 Å². The molecule has 0 N–H and O–H groups in total. The molecule has 0 aromatic carbocycles. The van der Waals surface area contributed by atoms with Crippen molar-refractivity contribution < 1.29 is 0 Å². The van der Waals surface area contributed by atoms with Crippen molar-refractivity contribution in [2.45, 2.75) is 33.2 Å². The summed E-state index contributed by atoms with van der Waals surface area (Å²) in [4.78, 5) is 12.6. The molecule has 2 aromatic heterocycles. The third-order valence-electron chi connectivity index (χ3n) is 2.64. The van der Waals surface area contributed by atoms with Gasteiger partial charge in [-0.25, -0.2) is 15.0 Å². The number of aromatic nitrogens is 4. The molecule has 90 valence electrons. The second-order valence-electron chi connectivity index (χ2n) is 3.98. The Balaban J connectivity index is 2.25. The van der Waals surface area contributed by atoms with Crippen LogP contribution in [0.2, 0.25) is 5.28 Å². The molecule has 2 aromatic rings. The second kappa shape index (κ2) is 5.27. The van der Waals surface area contributed by atoms with Crippen molar-refractivity contribution in [3.63, 3.8) is 0 Å². The molecular formula is C12H15ClN4. The minimum Gasteiger partial charge on any atom is -0.335 e. The van der Waals surface area contributed by atoms with Gasteiger partial charge in [-0.15, -0.1) is 0 Å². The van der Waals surface area contributed by atoms with Crippen LogP contribution in [0.4, 0.5) is 0 Å². The van der Waals surface area contributed by atoms with Crippen LogP contribution in [0.1, 0.15) is 30.4 Å². The van der Waals surface area contributed by atoms with Gasteiger partial charge in [0, 0.05) is 31.6 Å². The molecule has 0 aliphatic rings. The molecule has 2 rings (SSSR count). The highest BCUT2D eigenvalue weighted by molar-refractivity contribution is 6.28. The van der Waals surface area contributed by atoms with Gasteiger partial charge in [0.05, 0.1) is 5.69 Å². The van der Waals surface area contributed by atoms with Gasteiger partial charge in [-0.3, -0.25) is 0 Å². The Kier molecular flexibility index (Phi) is 3.74. The number of halogens is 1. The first kappa shape index (κ1) is 12.0. The SMILES string of the molecule is CCCn1ccnc1Cc1nc(Cl)ncc1C. The van der Waals surface area contributed by atoms with Crippen LogP contribution < -0.4 is 0 Å². The lowest BCUT2D eigenvalue weighted by Crippen LogP contribution is -2.06. The monoisotopic (exact) mass is 250 g/mol. The number of hydrogen-bond acceptors (Lipinski definition) is 3. The molecule has 0 saturated carbocycles. The lowest BCUT2D eigenvalue weighted by molar-refractivity contribution is 0.644. The number of aryl methyl sites for hydroxylation is 2. The maximum absolute atomic E-state index is 5.81. The summed E-state index contributed by atoms with van der Waals surface area (Å²) < 4.78 is 2.15. The van der Waals surface area contributed by atoms with E-state index < -0.39 is 0 Å². The summed E-state index contributed by atoms with van der Waals surface area (Å²) in [5.74, 6) is 1.02. The summed E-state index contributed by atoms with van der Waals surface area (Å²) in [6.45, 7) is 5.11. The van der Waals surface area contributed by atoms with Crippen LogP contribution in [0.15, 0.2) is 18.6 Å². The molecule has 4 nitrogen and oxygen atoms in total. The zero-order chi connectivity index (χ0) is 12.3. The van der Waals surface area contributed by atoms with E-state index in [0.29, 0.717) is 11.7 Å². The van der Waals surface area contributed by atoms with Gasteiger partial charge < -0.3 is 4.57 Å². The Morgan fingerprint density at radius 1 is 1.35 bits per heavy atom. The van der Waals surface area contributed by atoms with Crippen molar-refractivity contribution >= 4 is 11.6 Å². The number of imidazole rings is 1. The van der Waals surface area contributed by atoms with Crippen molar-refractivity contribution in [1.82, 2.24) is 19.5 Å². The van der Waals surface area contributed by atoms with Gasteiger partial charge in [-0.1, -0.05) is 6.92 Å². The van der Waals surface area contributed by atoms with E-state index in [0.717, 1.165) is 30.0 Å². The Bertz CT molecular complexity index is 507. The molecule has 5 heteroatoms. The van der Waals surface area contributed by atoms with E-state index in [2.05, 4.69) is 26.4 Å². The maximum Gasteiger partial charge on any atom is 0.222 e. The van der Waals surface area contributed by atoms with Gasteiger partial charge in [0.1, 0.15) is 5.82 Å². The van der Waals surface area contributed by atoms with E-state index >= 15 is 0 Å². The molecule has 0 atom stereocenters. The second-order valence-corrected chi connectivity index (χ2v) is 4.32. The predicted molar refractivity (Wildman–Crippen MR) is 67.1 cm³/mol. The highest BCUT2D eigenvalue weighted by Crippen LogP contribution is 2.12. The Morgan fingerprint density at radius 3 is 2.94 bits per heavy atom. The van der Waals surface area contributed by atoms with E-state index in [-0.39, 0.29) is 0 Å². The van der Waals surface area contributed by atoms with Crippen LogP contribution in [0, 0.1) is 6.92 Å². The average molecular weight is 251 g/mol. The van der Waals surface area contributed by atoms with Gasteiger partial charge in [-0.05, 0) is 30.5 Å². The van der Waals surface area contributed by atoms with Crippen LogP contribution >= 0.6 is 11.6 Å². The molecule has 0 radical (unpaired) electrons. The normalized spacial score (nSPS) is 10.8. The number of rotatable bonds is 4. The Labute approximate surface area is 106 Å². The molecule has 0 fully saturated rings. The van der Waals surface area contributed by atoms with Crippen LogP contribution in [-0.4, -0.2) is 19.5 Å². The van der Waals surface area contributed by atoms with Crippen LogP contribution in [-0.2, 0) is 13.0 Å². The lowest BCUT2D eigenvalue weighted by Gasteiger charge is -2.07. The minimum absolute atomic E-state index is 0.291. The Hall–Kier alpha value is -1.42. The molecule has 0 unspecified atom stereocenters. The molecule has 0 amide bonds. The van der Waals surface area contributed by atoms with Crippen LogP contribution in [0.3, 0.4) is 0 Å². The van der Waals surface area contributed by atoms with Crippen LogP contribution in [0.5, 0.6) is 0 Å². The fourth-order valence-electron chi connectivity index (χ4n) is 1.73. The molecule has 0 aliphatic carbocycles. The highest BCUT2D eigenvalue weighted by Gasteiger charge is 2.08. The zero-order valence-electron chi connectivity index (χ0n) is 10.0. The largest absolute Gasteiger partial charge is 0.335 e. The molecule has 0 bridgehead atoms. The van der Waals surface area contributed by atoms with Gasteiger partial charge in [0.15, 0.2) is 0 Å². The molecule has 0 saturated heterocycles. The fourth-order valence-corrected chi connectivity index (χ4v) is 1.88. The third-order valence-corrected chi connectivity index (χ3v) is 2.82. The first-order valence-corrected chi connectivity index (χ1v) is 6.06. The molecule has 2 heterocycles. The molecule has 17 heavy (non-hydrogen) atoms. The maximum atomic E-state index is 5.81. The van der Waals surface area contributed by atoms with Gasteiger partial charge in [-0.2, -0.15) is 0 Å². The zero-order valence-corrected chi connectivity index (χ0v) is 10.8. The van der Waals surface area contributed by atoms with E-state index in [1.54, 1.807) is 6.20 Å². The smallest absolute Gasteiger partial charge is 0.222 e. The van der Waals surface area contributed by atoms with E-state index in [4.69, 9.17) is 11.6 Å². The van der Waals surface area contributed by atoms with E-state index in [9.17, 15) is 0 Å². The summed E-state index contributed by atoms with van der Waals surface area (Å²) >= 11 is 5.81. The van der Waals surface area contributed by atoms with E-state index in [1.807, 2.05) is 19.3 Å². The summed E-state index contributed by atoms with van der Waals surface area (Å²) in [6.07, 6.45) is 7.35. The summed E-state index contributed by atoms with van der Waals surface area (Å²) in [5.41, 5.74) is 1.98. The standard InChI is InChI=1S/C12H15ClN4/c1-3-5-17-6-4-14-11(17)7-10-9(2)8-15-12(13)16-10/h4,6,8H,3,5,7H2,1-2H3. The van der Waals surface area contributed by atoms with Gasteiger partial charge >= 0.3 is 0 Å². The molecule has 0 spiro atoms. The third kappa shape index (κ3) is 2.82. The predicted octanol–water partition coefficient (Wildman–Crippen LogP) is 2.64. The first-order valence-electron chi connectivity index (χ1n) is 5.68. The van der Waals surface area contributed by atoms with Crippen molar-refractivity contribution in [3.05, 3.63) is 41.0 Å². The summed E-state index contributed by atoms with van der Waals surface area (Å²) in [7, 11) is 0. The quantitative estimate of drug-likeness (QED) is 0.784. The average Bonchev–Trinajstić information content (AvgIpc) is 2.72. The summed E-state index contributed by atoms with van der Waals surface area (Å²) in [6, 6.07) is 0. The number of nitrogens with zero attached hydrogens (tertiary/aromatic N) is 4. The summed E-state index contributed by atoms with van der Waals surface area (Å²) in [5, 5.41) is 0.291. The molecule has 0 aliphatic heterocycles. The van der Waals surface area contributed by atoms with Gasteiger partial charge in [0.2, 0.25) is 5.28 Å². The number of hydrogen-bond donors (Lipinski definition) is 0. The van der Waals surface area contributed by atoms with Crippen molar-refractivity contribution in [2.24, 2.45) is 0 Å². The van der Waals surface area contributed by atoms with E-state index in [1.165, 1.54) is 0 Å². The van der Waals surface area contributed by atoms with Gasteiger partial charge in [0.25, 0.3) is 0 Å². The minimum atomic E-state index is 0.291. The topological polar surface area (TPSA) is 43.6 Å². The highest BCUT2D eigenvalue weighted by atomic mass is 35.5.